The monoisotopic (exact) mass is 549 g/mol. The topological polar surface area (TPSA) is 73.7 Å². The molecule has 0 radical (unpaired) electrons. The van der Waals surface area contributed by atoms with Gasteiger partial charge in [-0.15, -0.1) is 0 Å². The predicted octanol–water partition coefficient (Wildman–Crippen LogP) is 5.88. The average molecular weight is 550 g/mol. The Morgan fingerprint density at radius 1 is 1.05 bits per heavy atom. The summed E-state index contributed by atoms with van der Waals surface area (Å²) in [5, 5.41) is 10.0. The van der Waals surface area contributed by atoms with E-state index in [2.05, 4.69) is 0 Å². The molecule has 0 bridgehead atoms. The molecule has 0 spiro atoms. The Balaban J connectivity index is 1.67. The van der Waals surface area contributed by atoms with Crippen LogP contribution in [0.4, 0.5) is 4.39 Å². The number of hydrogen-bond donors (Lipinski definition) is 1. The van der Waals surface area contributed by atoms with E-state index in [1.807, 2.05) is 60.3 Å². The summed E-state index contributed by atoms with van der Waals surface area (Å²) in [4.78, 5) is 20.4. The number of fused-ring (bicyclic) bond motifs is 1. The molecule has 1 saturated heterocycles. The molecule has 6 nitrogen and oxygen atoms in total. The van der Waals surface area contributed by atoms with Crippen LogP contribution in [0.2, 0.25) is 0 Å². The molecule has 1 fully saturated rings. The summed E-state index contributed by atoms with van der Waals surface area (Å²) in [6, 6.07) is 15.7. The molecule has 3 aromatic rings. The molecular weight excluding hydrogens is 513 g/mol. The zero-order valence-corrected chi connectivity index (χ0v) is 23.6. The maximum atomic E-state index is 14.7. The number of pyridine rings is 1. The Labute approximate surface area is 232 Å². The minimum absolute atomic E-state index is 0.0783. The second-order valence-electron chi connectivity index (χ2n) is 11.3. The van der Waals surface area contributed by atoms with Crippen molar-refractivity contribution in [2.24, 2.45) is 0 Å². The van der Waals surface area contributed by atoms with Crippen molar-refractivity contribution in [1.29, 1.82) is 0 Å². The van der Waals surface area contributed by atoms with E-state index in [0.29, 0.717) is 48.6 Å². The summed E-state index contributed by atoms with van der Waals surface area (Å²) in [5.41, 5.74) is 4.72. The Hall–Kier alpha value is -2.94. The lowest BCUT2D eigenvalue weighted by Crippen LogP contribution is -2.36. The fraction of sp³-hybridized carbons (Fsp3) is 0.419. The number of amides is 1. The number of carbonyl (C=O) groups is 1. The number of rotatable bonds is 6. The third kappa shape index (κ3) is 5.55. The SMILES string of the molecule is CC(C)(C)[S@@](=O)N1Cc2cc(C(=O)N3CCCCC3)nc(-c3cccc(-c4ccccc4F)c3)c2[C@H]1CCO. The highest BCUT2D eigenvalue weighted by Gasteiger charge is 2.40. The van der Waals surface area contributed by atoms with Gasteiger partial charge in [0.2, 0.25) is 0 Å². The van der Waals surface area contributed by atoms with E-state index in [4.69, 9.17) is 4.98 Å². The zero-order chi connectivity index (χ0) is 27.7. The average Bonchev–Trinajstić information content (AvgIpc) is 3.30. The van der Waals surface area contributed by atoms with E-state index in [-0.39, 0.29) is 24.4 Å². The first-order chi connectivity index (χ1) is 18.7. The largest absolute Gasteiger partial charge is 0.396 e. The van der Waals surface area contributed by atoms with Crippen molar-refractivity contribution >= 4 is 16.9 Å². The van der Waals surface area contributed by atoms with Crippen molar-refractivity contribution < 1.29 is 18.5 Å². The normalized spacial score (nSPS) is 18.7. The summed E-state index contributed by atoms with van der Waals surface area (Å²) < 4.78 is 29.7. The number of halogens is 1. The highest BCUT2D eigenvalue weighted by Crippen LogP contribution is 2.44. The first-order valence-electron chi connectivity index (χ1n) is 13.7. The number of aliphatic hydroxyl groups excluding tert-OH is 1. The number of nitrogens with zero attached hydrogens (tertiary/aromatic N) is 3. The minimum atomic E-state index is -1.34. The van der Waals surface area contributed by atoms with E-state index in [1.54, 1.807) is 18.2 Å². The quantitative estimate of drug-likeness (QED) is 0.417. The molecule has 206 valence electrons. The van der Waals surface area contributed by atoms with Crippen LogP contribution in [-0.4, -0.2) is 53.9 Å². The molecule has 0 saturated carbocycles. The number of benzene rings is 2. The van der Waals surface area contributed by atoms with Crippen molar-refractivity contribution in [3.63, 3.8) is 0 Å². The molecule has 0 unspecified atom stereocenters. The maximum Gasteiger partial charge on any atom is 0.272 e. The van der Waals surface area contributed by atoms with E-state index >= 15 is 0 Å². The Kier molecular flexibility index (Phi) is 7.99. The van der Waals surface area contributed by atoms with Gasteiger partial charge in [-0.1, -0.05) is 36.4 Å². The number of aromatic nitrogens is 1. The summed E-state index contributed by atoms with van der Waals surface area (Å²) in [6.45, 7) is 7.54. The van der Waals surface area contributed by atoms with E-state index < -0.39 is 15.7 Å². The van der Waals surface area contributed by atoms with Gasteiger partial charge >= 0.3 is 0 Å². The standard InChI is InChI=1S/C31H36FN3O3S/c1-31(2,3)39(38)35-20-23-19-26(30(37)34-15-7-4-8-16-34)33-29(28(23)27(35)14-17-36)22-11-9-10-21(18-22)24-12-5-6-13-25(24)32/h5-6,9-13,18-19,27,36H,4,7-8,14-17,20H2,1-3H3/t27-,39-/m1/s1. The Bertz CT molecular complexity index is 1400. The molecule has 2 aliphatic rings. The highest BCUT2D eigenvalue weighted by atomic mass is 32.2. The van der Waals surface area contributed by atoms with Gasteiger partial charge in [0.1, 0.15) is 22.5 Å². The van der Waals surface area contributed by atoms with Crippen LogP contribution in [0.5, 0.6) is 0 Å². The molecule has 2 aliphatic heterocycles. The van der Waals surface area contributed by atoms with E-state index in [0.717, 1.165) is 36.0 Å². The third-order valence-corrected chi connectivity index (χ3v) is 9.33. The van der Waals surface area contributed by atoms with Gasteiger partial charge in [0.25, 0.3) is 5.91 Å². The Morgan fingerprint density at radius 3 is 2.46 bits per heavy atom. The fourth-order valence-corrected chi connectivity index (χ4v) is 6.99. The second kappa shape index (κ2) is 11.3. The molecule has 2 atom stereocenters. The van der Waals surface area contributed by atoms with Crippen molar-refractivity contribution in [3.8, 4) is 22.4 Å². The van der Waals surface area contributed by atoms with E-state index in [9.17, 15) is 18.5 Å². The van der Waals surface area contributed by atoms with Gasteiger partial charge in [-0.2, -0.15) is 0 Å². The highest BCUT2D eigenvalue weighted by molar-refractivity contribution is 7.84. The molecule has 0 aliphatic carbocycles. The first-order valence-corrected chi connectivity index (χ1v) is 14.8. The van der Waals surface area contributed by atoms with Gasteiger partial charge in [-0.05, 0) is 75.8 Å². The molecule has 3 heterocycles. The lowest BCUT2D eigenvalue weighted by Gasteiger charge is -2.30. The predicted molar refractivity (Wildman–Crippen MR) is 153 cm³/mol. The number of aliphatic hydroxyl groups is 1. The van der Waals surface area contributed by atoms with Gasteiger partial charge in [-0.3, -0.25) is 4.79 Å². The fourth-order valence-electron chi connectivity index (χ4n) is 5.59. The van der Waals surface area contributed by atoms with Gasteiger partial charge < -0.3 is 10.0 Å². The molecular formula is C31H36FN3O3S. The molecule has 1 N–H and O–H groups in total. The lowest BCUT2D eigenvalue weighted by molar-refractivity contribution is 0.0718. The van der Waals surface area contributed by atoms with Crippen molar-refractivity contribution in [1.82, 2.24) is 14.2 Å². The molecule has 5 rings (SSSR count). The van der Waals surface area contributed by atoms with Gasteiger partial charge in [-0.25, -0.2) is 17.9 Å². The van der Waals surface area contributed by atoms with Crippen LogP contribution in [0.3, 0.4) is 0 Å². The van der Waals surface area contributed by atoms with E-state index in [1.165, 1.54) is 6.07 Å². The van der Waals surface area contributed by atoms with Crippen LogP contribution in [-0.2, 0) is 17.5 Å². The van der Waals surface area contributed by atoms with Crippen molar-refractivity contribution in [3.05, 3.63) is 77.2 Å². The van der Waals surface area contributed by atoms with Crippen LogP contribution >= 0.6 is 0 Å². The van der Waals surface area contributed by atoms with Crippen LogP contribution in [0.1, 0.15) is 74.1 Å². The maximum absolute atomic E-state index is 14.7. The van der Waals surface area contributed by atoms with Gasteiger partial charge in [0, 0.05) is 42.9 Å². The first kappa shape index (κ1) is 27.6. The molecule has 1 aromatic heterocycles. The van der Waals surface area contributed by atoms with Gasteiger partial charge in [0.05, 0.1) is 16.5 Å². The number of hydrogen-bond acceptors (Lipinski definition) is 4. The van der Waals surface area contributed by atoms with Crippen LogP contribution < -0.4 is 0 Å². The molecule has 1 amide bonds. The summed E-state index contributed by atoms with van der Waals surface area (Å²) in [7, 11) is -1.34. The summed E-state index contributed by atoms with van der Waals surface area (Å²) in [5.74, 6) is -0.412. The Morgan fingerprint density at radius 2 is 1.77 bits per heavy atom. The number of likely N-dealkylation sites (tertiary alicyclic amines) is 1. The van der Waals surface area contributed by atoms with Gasteiger partial charge in [0.15, 0.2) is 0 Å². The molecule has 39 heavy (non-hydrogen) atoms. The lowest BCUT2D eigenvalue weighted by atomic mass is 9.94. The smallest absolute Gasteiger partial charge is 0.272 e. The zero-order valence-electron chi connectivity index (χ0n) is 22.8. The van der Waals surface area contributed by atoms with Crippen molar-refractivity contribution in [2.45, 2.75) is 63.8 Å². The number of piperidine rings is 1. The van der Waals surface area contributed by atoms with Crippen LogP contribution in [0.25, 0.3) is 22.4 Å². The minimum Gasteiger partial charge on any atom is -0.396 e. The number of carbonyl (C=O) groups excluding carboxylic acids is 1. The molecule has 8 heteroatoms. The van der Waals surface area contributed by atoms with Crippen molar-refractivity contribution in [2.75, 3.05) is 19.7 Å². The summed E-state index contributed by atoms with van der Waals surface area (Å²) in [6.07, 6.45) is 3.46. The van der Waals surface area contributed by atoms with Crippen LogP contribution in [0.15, 0.2) is 54.6 Å². The third-order valence-electron chi connectivity index (χ3n) is 7.47. The summed E-state index contributed by atoms with van der Waals surface area (Å²) >= 11 is 0. The molecule has 2 aromatic carbocycles. The second-order valence-corrected chi connectivity index (χ2v) is 13.5. The van der Waals surface area contributed by atoms with Crippen LogP contribution in [0, 0.1) is 5.82 Å².